The maximum Gasteiger partial charge on any atom is 0.166 e. The number of ether oxygens (including phenoxy) is 3. The van der Waals surface area contributed by atoms with Crippen molar-refractivity contribution in [1.82, 2.24) is 4.90 Å². The van der Waals surface area contributed by atoms with Gasteiger partial charge in [-0.05, 0) is 6.07 Å². The standard InChI is InChI=1S/C23H32BrN2O4/c1-26(10-6-25-7-11-29-12-8-25)9-5-23-4-3-16(27)13-20(23)30-22-19(28-2)14-18(24)17(15-26)21(22)23/h3-4,14,16,20,27H,5-13,15H2,1-2H3/q+1/t16-,20-,23?,26?/m0/s1. The molecule has 4 aliphatic rings. The van der Waals surface area contributed by atoms with E-state index in [1.165, 1.54) is 11.1 Å². The van der Waals surface area contributed by atoms with Crippen molar-refractivity contribution in [1.29, 1.82) is 0 Å². The normalized spacial score (nSPS) is 35.3. The number of hydrogen-bond acceptors (Lipinski definition) is 5. The van der Waals surface area contributed by atoms with E-state index in [4.69, 9.17) is 14.2 Å². The van der Waals surface area contributed by atoms with Gasteiger partial charge in [-0.1, -0.05) is 28.1 Å². The molecule has 0 aromatic heterocycles. The summed E-state index contributed by atoms with van der Waals surface area (Å²) in [5.41, 5.74) is 2.42. The van der Waals surface area contributed by atoms with Gasteiger partial charge in [-0.25, -0.2) is 0 Å². The van der Waals surface area contributed by atoms with Crippen LogP contribution in [0, 0.1) is 0 Å². The van der Waals surface area contributed by atoms with E-state index in [0.29, 0.717) is 6.42 Å². The lowest BCUT2D eigenvalue weighted by molar-refractivity contribution is -0.922. The molecule has 1 aliphatic carbocycles. The molecule has 164 valence electrons. The van der Waals surface area contributed by atoms with Gasteiger partial charge < -0.3 is 23.8 Å². The van der Waals surface area contributed by atoms with Gasteiger partial charge in [0.15, 0.2) is 11.5 Å². The molecular formula is C23H32BrN2O4+. The summed E-state index contributed by atoms with van der Waals surface area (Å²) in [5, 5.41) is 10.3. The van der Waals surface area contributed by atoms with Gasteiger partial charge in [0.05, 0.1) is 52.0 Å². The number of halogens is 1. The molecule has 1 aromatic carbocycles. The van der Waals surface area contributed by atoms with Crippen LogP contribution in [0.4, 0.5) is 0 Å². The second-order valence-corrected chi connectivity index (χ2v) is 10.3. The van der Waals surface area contributed by atoms with Crippen LogP contribution in [0.25, 0.3) is 0 Å². The Morgan fingerprint density at radius 1 is 1.37 bits per heavy atom. The van der Waals surface area contributed by atoms with Crippen molar-refractivity contribution < 1.29 is 23.8 Å². The largest absolute Gasteiger partial charge is 0.493 e. The third kappa shape index (κ3) is 3.39. The van der Waals surface area contributed by atoms with Crippen LogP contribution >= 0.6 is 15.9 Å². The zero-order chi connectivity index (χ0) is 20.9. The van der Waals surface area contributed by atoms with Gasteiger partial charge in [-0.3, -0.25) is 4.90 Å². The van der Waals surface area contributed by atoms with E-state index in [-0.39, 0.29) is 11.5 Å². The number of aliphatic hydroxyl groups is 1. The maximum absolute atomic E-state index is 10.3. The minimum atomic E-state index is -0.446. The molecule has 7 heteroatoms. The number of benzene rings is 1. The van der Waals surface area contributed by atoms with Crippen LogP contribution in [0.5, 0.6) is 11.5 Å². The summed E-state index contributed by atoms with van der Waals surface area (Å²) in [6, 6.07) is 2.05. The lowest BCUT2D eigenvalue weighted by atomic mass is 9.69. The minimum Gasteiger partial charge on any atom is -0.493 e. The number of hydrogen-bond donors (Lipinski definition) is 1. The SMILES string of the molecule is COc1cc(Br)c2c3c1O[C@H]1C[C@@H](O)C=CC31CC[N+](C)(CCN1CCOCC1)C2. The molecule has 1 aromatic rings. The first-order valence-electron chi connectivity index (χ1n) is 11.0. The zero-order valence-electron chi connectivity index (χ0n) is 17.9. The van der Waals surface area contributed by atoms with Crippen molar-refractivity contribution in [2.75, 3.05) is 60.1 Å². The second-order valence-electron chi connectivity index (χ2n) is 9.48. The summed E-state index contributed by atoms with van der Waals surface area (Å²) in [6.07, 6.45) is 5.35. The summed E-state index contributed by atoms with van der Waals surface area (Å²) in [6.45, 7) is 7.99. The molecule has 1 N–H and O–H groups in total. The number of quaternary nitrogens is 1. The molecule has 1 saturated heterocycles. The predicted octanol–water partition coefficient (Wildman–Crippen LogP) is 2.46. The van der Waals surface area contributed by atoms with Crippen LogP contribution in [0.2, 0.25) is 0 Å². The monoisotopic (exact) mass is 479 g/mol. The topological polar surface area (TPSA) is 51.2 Å². The Morgan fingerprint density at radius 3 is 2.93 bits per heavy atom. The lowest BCUT2D eigenvalue weighted by Crippen LogP contribution is -2.51. The van der Waals surface area contributed by atoms with E-state index in [0.717, 1.165) is 79.4 Å². The van der Waals surface area contributed by atoms with Gasteiger partial charge in [0.2, 0.25) is 0 Å². The van der Waals surface area contributed by atoms with Gasteiger partial charge in [0.1, 0.15) is 12.6 Å². The van der Waals surface area contributed by atoms with Gasteiger partial charge in [0.25, 0.3) is 0 Å². The zero-order valence-corrected chi connectivity index (χ0v) is 19.5. The Balaban J connectivity index is 1.52. The van der Waals surface area contributed by atoms with Gasteiger partial charge in [0, 0.05) is 48.1 Å². The Morgan fingerprint density at radius 2 is 2.17 bits per heavy atom. The summed E-state index contributed by atoms with van der Waals surface area (Å²) in [7, 11) is 4.09. The van der Waals surface area contributed by atoms with Crippen molar-refractivity contribution >= 4 is 15.9 Å². The molecular weight excluding hydrogens is 448 g/mol. The Labute approximate surface area is 187 Å². The molecule has 4 atom stereocenters. The summed E-state index contributed by atoms with van der Waals surface area (Å²) < 4.78 is 19.8. The number of methoxy groups -OCH3 is 1. The molecule has 2 unspecified atom stereocenters. The number of morpholine rings is 1. The first-order valence-corrected chi connectivity index (χ1v) is 11.8. The predicted molar refractivity (Wildman–Crippen MR) is 118 cm³/mol. The van der Waals surface area contributed by atoms with Crippen LogP contribution < -0.4 is 9.47 Å². The third-order valence-electron chi connectivity index (χ3n) is 7.56. The molecule has 0 bridgehead atoms. The van der Waals surface area contributed by atoms with Crippen molar-refractivity contribution in [2.24, 2.45) is 0 Å². The highest BCUT2D eigenvalue weighted by Gasteiger charge is 2.55. The van der Waals surface area contributed by atoms with Crippen LogP contribution in [-0.2, 0) is 16.7 Å². The van der Waals surface area contributed by atoms with Gasteiger partial charge in [-0.15, -0.1) is 0 Å². The molecule has 1 fully saturated rings. The summed E-state index contributed by atoms with van der Waals surface area (Å²) in [5.74, 6) is 1.66. The molecule has 1 spiro atoms. The fraction of sp³-hybridized carbons (Fsp3) is 0.652. The van der Waals surface area contributed by atoms with Crippen LogP contribution in [0.1, 0.15) is 24.0 Å². The molecule has 0 saturated carbocycles. The van der Waals surface area contributed by atoms with E-state index in [9.17, 15) is 5.11 Å². The van der Waals surface area contributed by atoms with Crippen molar-refractivity contribution in [3.8, 4) is 11.5 Å². The minimum absolute atomic E-state index is 0.0414. The quantitative estimate of drug-likeness (QED) is 0.530. The number of likely N-dealkylation sites (N-methyl/N-ethyl adjacent to an activating group) is 1. The molecule has 3 aliphatic heterocycles. The van der Waals surface area contributed by atoms with Gasteiger partial charge in [-0.2, -0.15) is 0 Å². The van der Waals surface area contributed by atoms with E-state index < -0.39 is 6.10 Å². The number of nitrogens with zero attached hydrogens (tertiary/aromatic N) is 2. The summed E-state index contributed by atoms with van der Waals surface area (Å²) >= 11 is 3.86. The Kier molecular flexibility index (Phi) is 5.39. The highest BCUT2D eigenvalue weighted by atomic mass is 79.9. The van der Waals surface area contributed by atoms with Crippen molar-refractivity contribution in [2.45, 2.75) is 37.0 Å². The lowest BCUT2D eigenvalue weighted by Gasteiger charge is -2.39. The smallest absolute Gasteiger partial charge is 0.166 e. The average molecular weight is 480 g/mol. The van der Waals surface area contributed by atoms with Gasteiger partial charge >= 0.3 is 0 Å². The molecule has 5 rings (SSSR count). The van der Waals surface area contributed by atoms with Crippen molar-refractivity contribution in [3.05, 3.63) is 33.8 Å². The third-order valence-corrected chi connectivity index (χ3v) is 8.26. The highest BCUT2D eigenvalue weighted by molar-refractivity contribution is 9.10. The number of aliphatic hydroxyl groups excluding tert-OH is 1. The van der Waals surface area contributed by atoms with E-state index in [1.807, 2.05) is 6.08 Å². The highest BCUT2D eigenvalue weighted by Crippen LogP contribution is 2.57. The van der Waals surface area contributed by atoms with Crippen molar-refractivity contribution in [3.63, 3.8) is 0 Å². The molecule has 0 amide bonds. The molecule has 3 heterocycles. The Bertz CT molecular complexity index is 856. The van der Waals surface area contributed by atoms with Crippen LogP contribution in [-0.4, -0.2) is 86.8 Å². The van der Waals surface area contributed by atoms with Crippen LogP contribution in [0.15, 0.2) is 22.7 Å². The Hall–Kier alpha value is -1.12. The molecule has 0 radical (unpaired) electrons. The van der Waals surface area contributed by atoms with E-state index >= 15 is 0 Å². The molecule has 30 heavy (non-hydrogen) atoms. The maximum atomic E-state index is 10.3. The second kappa shape index (κ2) is 7.78. The average Bonchev–Trinajstić information content (AvgIpc) is 3.01. The first-order chi connectivity index (χ1) is 14.4. The first kappa shape index (κ1) is 20.8. The fourth-order valence-electron chi connectivity index (χ4n) is 5.68. The van der Waals surface area contributed by atoms with E-state index in [1.54, 1.807) is 7.11 Å². The summed E-state index contributed by atoms with van der Waals surface area (Å²) in [4.78, 5) is 2.53. The van der Waals surface area contributed by atoms with Crippen LogP contribution in [0.3, 0.4) is 0 Å². The molecule has 6 nitrogen and oxygen atoms in total. The number of rotatable bonds is 4. The van der Waals surface area contributed by atoms with E-state index in [2.05, 4.69) is 40.0 Å². The fourth-order valence-corrected chi connectivity index (χ4v) is 6.22.